The molecular formula is C26H25NO2. The van der Waals surface area contributed by atoms with E-state index in [2.05, 4.69) is 67.7 Å². The molecule has 5 rings (SSSR count). The molecule has 1 N–H and O–H groups in total. The number of nitrogens with one attached hydrogen (secondary N) is 1. The first-order chi connectivity index (χ1) is 14.0. The second-order valence-electron chi connectivity index (χ2n) is 8.89. The van der Waals surface area contributed by atoms with Crippen molar-refractivity contribution in [3.05, 3.63) is 77.4 Å². The van der Waals surface area contributed by atoms with Crippen molar-refractivity contribution in [3.8, 4) is 5.75 Å². The molecule has 1 aliphatic carbocycles. The Morgan fingerprint density at radius 3 is 2.48 bits per heavy atom. The quantitative estimate of drug-likeness (QED) is 0.576. The molecule has 1 aliphatic heterocycles. The van der Waals surface area contributed by atoms with Crippen LogP contribution in [0.1, 0.15) is 43.9 Å². The summed E-state index contributed by atoms with van der Waals surface area (Å²) in [6.45, 7) is 4.40. The van der Waals surface area contributed by atoms with Crippen molar-refractivity contribution in [1.82, 2.24) is 0 Å². The van der Waals surface area contributed by atoms with Gasteiger partial charge in [-0.1, -0.05) is 56.3 Å². The average Bonchev–Trinajstić information content (AvgIpc) is 2.72. The number of allylic oxidation sites excluding steroid dienone is 1. The van der Waals surface area contributed by atoms with E-state index in [4.69, 9.17) is 4.74 Å². The summed E-state index contributed by atoms with van der Waals surface area (Å²) in [7, 11) is 1.67. The van der Waals surface area contributed by atoms with Crippen LogP contribution in [-0.2, 0) is 4.79 Å². The summed E-state index contributed by atoms with van der Waals surface area (Å²) in [5, 5.41) is 6.10. The van der Waals surface area contributed by atoms with E-state index in [1.165, 1.54) is 21.9 Å². The van der Waals surface area contributed by atoms with E-state index < -0.39 is 0 Å². The first-order valence-electron chi connectivity index (χ1n) is 10.2. The van der Waals surface area contributed by atoms with Crippen LogP contribution in [0.4, 0.5) is 5.69 Å². The number of hydrogen-bond acceptors (Lipinski definition) is 3. The molecule has 146 valence electrons. The second-order valence-corrected chi connectivity index (χ2v) is 8.89. The van der Waals surface area contributed by atoms with Crippen LogP contribution in [0.5, 0.6) is 5.75 Å². The predicted octanol–water partition coefficient (Wildman–Crippen LogP) is 6.16. The maximum Gasteiger partial charge on any atom is 0.162 e. The number of ether oxygens (including phenoxy) is 1. The van der Waals surface area contributed by atoms with Gasteiger partial charge < -0.3 is 10.1 Å². The first-order valence-corrected chi connectivity index (χ1v) is 10.2. The van der Waals surface area contributed by atoms with Gasteiger partial charge in [-0.05, 0) is 51.9 Å². The number of hydrogen-bond donors (Lipinski definition) is 1. The van der Waals surface area contributed by atoms with Crippen LogP contribution in [0.3, 0.4) is 0 Å². The van der Waals surface area contributed by atoms with Gasteiger partial charge in [-0.15, -0.1) is 0 Å². The molecule has 0 saturated carbocycles. The van der Waals surface area contributed by atoms with Crippen molar-refractivity contribution in [2.24, 2.45) is 5.41 Å². The predicted molar refractivity (Wildman–Crippen MR) is 118 cm³/mol. The molecular weight excluding hydrogens is 358 g/mol. The number of carbonyl (C=O) groups excluding carboxylic acids is 1. The molecule has 1 atom stereocenters. The Morgan fingerprint density at radius 1 is 0.966 bits per heavy atom. The normalized spacial score (nSPS) is 20.1. The maximum absolute atomic E-state index is 13.4. The highest BCUT2D eigenvalue weighted by atomic mass is 16.5. The van der Waals surface area contributed by atoms with Gasteiger partial charge in [0.2, 0.25) is 0 Å². The van der Waals surface area contributed by atoms with Crippen molar-refractivity contribution in [1.29, 1.82) is 0 Å². The number of anilines is 1. The Kier molecular flexibility index (Phi) is 4.02. The Morgan fingerprint density at radius 2 is 1.72 bits per heavy atom. The average molecular weight is 383 g/mol. The first kappa shape index (κ1) is 18.0. The molecule has 3 nitrogen and oxygen atoms in total. The van der Waals surface area contributed by atoms with E-state index in [0.717, 1.165) is 29.0 Å². The van der Waals surface area contributed by atoms with Crippen molar-refractivity contribution in [2.75, 3.05) is 12.4 Å². The fourth-order valence-electron chi connectivity index (χ4n) is 4.88. The Hall–Kier alpha value is -3.07. The molecule has 0 fully saturated rings. The summed E-state index contributed by atoms with van der Waals surface area (Å²) in [5.41, 5.74) is 5.49. The summed E-state index contributed by atoms with van der Waals surface area (Å²) in [4.78, 5) is 13.4. The maximum atomic E-state index is 13.4. The van der Waals surface area contributed by atoms with E-state index in [1.807, 2.05) is 12.1 Å². The number of carbonyl (C=O) groups is 1. The Balaban J connectivity index is 1.76. The number of methoxy groups -OCH3 is 1. The molecule has 0 spiro atoms. The van der Waals surface area contributed by atoms with Crippen molar-refractivity contribution < 1.29 is 9.53 Å². The molecule has 0 amide bonds. The molecule has 0 radical (unpaired) electrons. The van der Waals surface area contributed by atoms with Gasteiger partial charge in [-0.3, -0.25) is 4.79 Å². The molecule has 3 aromatic rings. The highest BCUT2D eigenvalue weighted by Crippen LogP contribution is 2.52. The van der Waals surface area contributed by atoms with Crippen molar-refractivity contribution in [3.63, 3.8) is 0 Å². The molecule has 0 aromatic heterocycles. The van der Waals surface area contributed by atoms with Gasteiger partial charge in [0, 0.05) is 23.2 Å². The lowest BCUT2D eigenvalue weighted by atomic mass is 9.68. The molecule has 29 heavy (non-hydrogen) atoms. The summed E-state index contributed by atoms with van der Waals surface area (Å²) < 4.78 is 5.32. The number of Topliss-reactive ketones (excluding diaryl/α,β-unsaturated/α-hetero) is 1. The molecule has 0 saturated heterocycles. The lowest BCUT2D eigenvalue weighted by molar-refractivity contribution is -0.118. The number of fused-ring (bicyclic) bond motifs is 4. The van der Waals surface area contributed by atoms with Gasteiger partial charge in [-0.2, -0.15) is 0 Å². The van der Waals surface area contributed by atoms with Crippen molar-refractivity contribution in [2.45, 2.75) is 32.7 Å². The standard InChI is InChI=1S/C26H25NO2/c1-26(2)14-20-23-19-7-5-4-6-16(19)10-13-21(23)27-25(24(20)22(28)15-26)17-8-11-18(29-3)12-9-17/h4-13,25,27H,14-15H2,1-3H3/t25-/m0/s1. The topological polar surface area (TPSA) is 38.3 Å². The van der Waals surface area contributed by atoms with Gasteiger partial charge in [-0.25, -0.2) is 0 Å². The Labute approximate surface area is 171 Å². The van der Waals surface area contributed by atoms with E-state index in [1.54, 1.807) is 7.11 Å². The minimum Gasteiger partial charge on any atom is -0.497 e. The second kappa shape index (κ2) is 6.48. The lowest BCUT2D eigenvalue weighted by Crippen LogP contribution is -2.33. The molecule has 0 unspecified atom stereocenters. The van der Waals surface area contributed by atoms with Gasteiger partial charge in [0.05, 0.1) is 13.2 Å². The number of benzene rings is 3. The van der Waals surface area contributed by atoms with Crippen LogP contribution in [0, 0.1) is 5.41 Å². The minimum absolute atomic E-state index is 0.0358. The molecule has 1 heterocycles. The molecule has 3 heteroatoms. The van der Waals surface area contributed by atoms with E-state index in [9.17, 15) is 4.79 Å². The fourth-order valence-corrected chi connectivity index (χ4v) is 4.88. The van der Waals surface area contributed by atoms with Crippen LogP contribution >= 0.6 is 0 Å². The molecule has 3 aromatic carbocycles. The SMILES string of the molecule is COc1ccc([C@@H]2Nc3ccc4ccccc4c3C3=C2C(=O)CC(C)(C)C3)cc1. The van der Waals surface area contributed by atoms with Crippen LogP contribution in [-0.4, -0.2) is 12.9 Å². The van der Waals surface area contributed by atoms with Crippen molar-refractivity contribution >= 4 is 27.8 Å². The van der Waals surface area contributed by atoms with E-state index in [-0.39, 0.29) is 17.2 Å². The zero-order valence-electron chi connectivity index (χ0n) is 17.1. The third-order valence-electron chi connectivity index (χ3n) is 6.19. The van der Waals surface area contributed by atoms with E-state index >= 15 is 0 Å². The van der Waals surface area contributed by atoms with Gasteiger partial charge in [0.15, 0.2) is 5.78 Å². The van der Waals surface area contributed by atoms with Crippen LogP contribution in [0.15, 0.2) is 66.2 Å². The smallest absolute Gasteiger partial charge is 0.162 e. The molecule has 2 aliphatic rings. The highest BCUT2D eigenvalue weighted by molar-refractivity contribution is 6.12. The van der Waals surface area contributed by atoms with E-state index in [0.29, 0.717) is 6.42 Å². The molecule has 0 bridgehead atoms. The van der Waals surface area contributed by atoms with Crippen LogP contribution < -0.4 is 10.1 Å². The summed E-state index contributed by atoms with van der Waals surface area (Å²) >= 11 is 0. The number of ketones is 1. The van der Waals surface area contributed by atoms with Crippen LogP contribution in [0.2, 0.25) is 0 Å². The summed E-state index contributed by atoms with van der Waals surface area (Å²) in [5.74, 6) is 1.07. The number of rotatable bonds is 2. The zero-order chi connectivity index (χ0) is 20.2. The third kappa shape index (κ3) is 2.93. The van der Waals surface area contributed by atoms with Gasteiger partial charge in [0.1, 0.15) is 5.75 Å². The third-order valence-corrected chi connectivity index (χ3v) is 6.19. The zero-order valence-corrected chi connectivity index (χ0v) is 17.1. The fraction of sp³-hybridized carbons (Fsp3) is 0.269. The van der Waals surface area contributed by atoms with Crippen LogP contribution in [0.25, 0.3) is 16.3 Å². The highest BCUT2D eigenvalue weighted by Gasteiger charge is 2.40. The lowest BCUT2D eigenvalue weighted by Gasteiger charge is -2.40. The largest absolute Gasteiger partial charge is 0.497 e. The van der Waals surface area contributed by atoms with Gasteiger partial charge >= 0.3 is 0 Å². The minimum atomic E-state index is -0.131. The summed E-state index contributed by atoms with van der Waals surface area (Å²) in [6, 6.07) is 20.7. The monoisotopic (exact) mass is 383 g/mol. The summed E-state index contributed by atoms with van der Waals surface area (Å²) in [6.07, 6.45) is 1.49. The Bertz CT molecular complexity index is 1160. The van der Waals surface area contributed by atoms with Gasteiger partial charge in [0.25, 0.3) is 0 Å².